The number of hydrogen-bond donors (Lipinski definition) is 0. The molecule has 0 aliphatic heterocycles. The van der Waals surface area contributed by atoms with Gasteiger partial charge in [0, 0.05) is 39.0 Å². The zero-order valence-corrected chi connectivity index (χ0v) is 16.7. The highest BCUT2D eigenvalue weighted by molar-refractivity contribution is 5.41. The molecule has 0 spiro atoms. The van der Waals surface area contributed by atoms with Crippen molar-refractivity contribution in [3.05, 3.63) is 75.8 Å². The molecule has 148 valence electrons. The zero-order chi connectivity index (χ0) is 19.9. The number of rotatable bonds is 9. The van der Waals surface area contributed by atoms with Crippen LogP contribution in [-0.2, 0) is 17.8 Å². The molecule has 2 aromatic heterocycles. The number of aryl methyl sites for hydroxylation is 1. The van der Waals surface area contributed by atoms with Crippen LogP contribution in [0.3, 0.4) is 0 Å². The van der Waals surface area contributed by atoms with Crippen LogP contribution >= 0.6 is 0 Å². The topological polar surface area (TPSA) is 56.1 Å². The fourth-order valence-electron chi connectivity index (χ4n) is 3.11. The van der Waals surface area contributed by atoms with Gasteiger partial charge in [-0.3, -0.25) is 14.1 Å². The molecule has 3 rings (SSSR count). The summed E-state index contributed by atoms with van der Waals surface area (Å²) in [5.41, 5.74) is 3.63. The standard InChI is InChI=1S/C22H27N3O3/c1-4-28-20-7-5-18(6-8-20)15-24(11-12-27-3)16-19-14-22(26)25-10-9-17(2)13-21(25)23-19/h5-10,13-14H,4,11-12,15-16H2,1-3H3. The van der Waals surface area contributed by atoms with Crippen molar-refractivity contribution in [1.82, 2.24) is 14.3 Å². The first-order valence-electron chi connectivity index (χ1n) is 9.51. The molecular formula is C22H27N3O3. The molecule has 0 unspecified atom stereocenters. The summed E-state index contributed by atoms with van der Waals surface area (Å²) in [7, 11) is 1.69. The average molecular weight is 381 g/mol. The van der Waals surface area contributed by atoms with Crippen molar-refractivity contribution in [2.45, 2.75) is 26.9 Å². The van der Waals surface area contributed by atoms with E-state index in [0.29, 0.717) is 25.4 Å². The van der Waals surface area contributed by atoms with Crippen molar-refractivity contribution >= 4 is 5.65 Å². The third-order valence-corrected chi connectivity index (χ3v) is 4.51. The van der Waals surface area contributed by atoms with E-state index in [4.69, 9.17) is 9.47 Å². The van der Waals surface area contributed by atoms with Crippen LogP contribution in [0.1, 0.15) is 23.7 Å². The van der Waals surface area contributed by atoms with Gasteiger partial charge in [-0.1, -0.05) is 12.1 Å². The number of pyridine rings is 1. The highest BCUT2D eigenvalue weighted by Crippen LogP contribution is 2.15. The van der Waals surface area contributed by atoms with Gasteiger partial charge in [0.1, 0.15) is 11.4 Å². The Morgan fingerprint density at radius 2 is 1.89 bits per heavy atom. The number of benzene rings is 1. The van der Waals surface area contributed by atoms with Crippen LogP contribution in [0.15, 0.2) is 53.5 Å². The van der Waals surface area contributed by atoms with Gasteiger partial charge < -0.3 is 9.47 Å². The fourth-order valence-corrected chi connectivity index (χ4v) is 3.11. The quantitative estimate of drug-likeness (QED) is 0.570. The summed E-state index contributed by atoms with van der Waals surface area (Å²) in [6.45, 7) is 7.31. The summed E-state index contributed by atoms with van der Waals surface area (Å²) in [4.78, 5) is 19.3. The Kier molecular flexibility index (Phi) is 6.79. The molecule has 6 nitrogen and oxygen atoms in total. The number of ether oxygens (including phenoxy) is 2. The summed E-state index contributed by atoms with van der Waals surface area (Å²) in [5.74, 6) is 0.870. The van der Waals surface area contributed by atoms with Gasteiger partial charge in [0.25, 0.3) is 5.56 Å². The molecule has 2 heterocycles. The maximum Gasteiger partial charge on any atom is 0.258 e. The van der Waals surface area contributed by atoms with E-state index in [2.05, 4.69) is 22.0 Å². The lowest BCUT2D eigenvalue weighted by molar-refractivity contribution is 0.139. The molecule has 0 N–H and O–H groups in total. The largest absolute Gasteiger partial charge is 0.494 e. The number of methoxy groups -OCH3 is 1. The second-order valence-electron chi connectivity index (χ2n) is 6.80. The van der Waals surface area contributed by atoms with E-state index in [1.165, 1.54) is 5.56 Å². The van der Waals surface area contributed by atoms with Crippen LogP contribution in [0, 0.1) is 6.92 Å². The Morgan fingerprint density at radius 1 is 1.11 bits per heavy atom. The van der Waals surface area contributed by atoms with Crippen LogP contribution in [0.2, 0.25) is 0 Å². The molecule has 0 radical (unpaired) electrons. The van der Waals surface area contributed by atoms with Crippen LogP contribution in [0.5, 0.6) is 5.75 Å². The summed E-state index contributed by atoms with van der Waals surface area (Å²) in [5, 5.41) is 0. The van der Waals surface area contributed by atoms with Crippen molar-refractivity contribution in [3.8, 4) is 5.75 Å². The predicted octanol–water partition coefficient (Wildman–Crippen LogP) is 3.05. The van der Waals surface area contributed by atoms with Gasteiger partial charge in [0.2, 0.25) is 0 Å². The van der Waals surface area contributed by atoms with E-state index < -0.39 is 0 Å². The molecule has 6 heteroatoms. The van der Waals surface area contributed by atoms with Gasteiger partial charge in [-0.15, -0.1) is 0 Å². The first kappa shape index (κ1) is 20.0. The lowest BCUT2D eigenvalue weighted by atomic mass is 10.2. The molecule has 0 saturated carbocycles. The number of hydrogen-bond acceptors (Lipinski definition) is 5. The van der Waals surface area contributed by atoms with Crippen LogP contribution < -0.4 is 10.3 Å². The highest BCUT2D eigenvalue weighted by atomic mass is 16.5. The van der Waals surface area contributed by atoms with E-state index in [-0.39, 0.29) is 5.56 Å². The second kappa shape index (κ2) is 9.48. The van der Waals surface area contributed by atoms with Crippen molar-refractivity contribution < 1.29 is 9.47 Å². The second-order valence-corrected chi connectivity index (χ2v) is 6.80. The average Bonchev–Trinajstić information content (AvgIpc) is 2.67. The minimum atomic E-state index is -0.0623. The Hall–Kier alpha value is -2.70. The van der Waals surface area contributed by atoms with E-state index in [1.54, 1.807) is 23.8 Å². The lowest BCUT2D eigenvalue weighted by Crippen LogP contribution is -2.28. The zero-order valence-electron chi connectivity index (χ0n) is 16.7. The monoisotopic (exact) mass is 381 g/mol. The smallest absolute Gasteiger partial charge is 0.258 e. The minimum absolute atomic E-state index is 0.0623. The molecule has 28 heavy (non-hydrogen) atoms. The molecule has 0 bridgehead atoms. The Morgan fingerprint density at radius 3 is 2.61 bits per heavy atom. The van der Waals surface area contributed by atoms with Gasteiger partial charge in [-0.2, -0.15) is 0 Å². The Labute approximate surface area is 165 Å². The van der Waals surface area contributed by atoms with E-state index >= 15 is 0 Å². The molecule has 1 aromatic carbocycles. The summed E-state index contributed by atoms with van der Waals surface area (Å²) >= 11 is 0. The fraction of sp³-hybridized carbons (Fsp3) is 0.364. The van der Waals surface area contributed by atoms with Gasteiger partial charge in [-0.25, -0.2) is 4.98 Å². The minimum Gasteiger partial charge on any atom is -0.494 e. The molecule has 0 amide bonds. The van der Waals surface area contributed by atoms with Gasteiger partial charge in [0.15, 0.2) is 0 Å². The first-order valence-corrected chi connectivity index (χ1v) is 9.51. The van der Waals surface area contributed by atoms with Crippen LogP contribution in [0.4, 0.5) is 0 Å². The molecule has 0 atom stereocenters. The van der Waals surface area contributed by atoms with E-state index in [0.717, 1.165) is 30.1 Å². The first-order chi connectivity index (χ1) is 13.6. The summed E-state index contributed by atoms with van der Waals surface area (Å²) < 4.78 is 12.3. The Bertz CT molecular complexity index is 967. The van der Waals surface area contributed by atoms with Gasteiger partial charge in [0.05, 0.1) is 18.9 Å². The van der Waals surface area contributed by atoms with Crippen molar-refractivity contribution in [2.24, 2.45) is 0 Å². The van der Waals surface area contributed by atoms with Crippen LogP contribution in [0.25, 0.3) is 5.65 Å². The normalized spacial score (nSPS) is 11.3. The van der Waals surface area contributed by atoms with Crippen molar-refractivity contribution in [3.63, 3.8) is 0 Å². The summed E-state index contributed by atoms with van der Waals surface area (Å²) in [6, 6.07) is 13.5. The third kappa shape index (κ3) is 5.18. The number of aromatic nitrogens is 2. The van der Waals surface area contributed by atoms with E-state index in [1.807, 2.05) is 38.1 Å². The molecular weight excluding hydrogens is 354 g/mol. The lowest BCUT2D eigenvalue weighted by Gasteiger charge is -2.22. The molecule has 0 aliphatic rings. The number of fused-ring (bicyclic) bond motifs is 1. The number of nitrogens with zero attached hydrogens (tertiary/aromatic N) is 3. The van der Waals surface area contributed by atoms with Gasteiger partial charge in [-0.05, 0) is 49.2 Å². The van der Waals surface area contributed by atoms with Crippen molar-refractivity contribution in [1.29, 1.82) is 0 Å². The maximum absolute atomic E-state index is 12.4. The summed E-state index contributed by atoms with van der Waals surface area (Å²) in [6.07, 6.45) is 1.77. The predicted molar refractivity (Wildman–Crippen MR) is 110 cm³/mol. The van der Waals surface area contributed by atoms with E-state index in [9.17, 15) is 4.79 Å². The highest BCUT2D eigenvalue weighted by Gasteiger charge is 2.11. The molecule has 0 aliphatic carbocycles. The molecule has 0 fully saturated rings. The van der Waals surface area contributed by atoms with Crippen molar-refractivity contribution in [2.75, 3.05) is 26.9 Å². The van der Waals surface area contributed by atoms with Crippen LogP contribution in [-0.4, -0.2) is 41.2 Å². The SMILES string of the molecule is CCOc1ccc(CN(CCOC)Cc2cc(=O)n3ccc(C)cc3n2)cc1. The maximum atomic E-state index is 12.4. The molecule has 0 saturated heterocycles. The van der Waals surface area contributed by atoms with Gasteiger partial charge >= 0.3 is 0 Å². The third-order valence-electron chi connectivity index (χ3n) is 4.51. The molecule has 3 aromatic rings. The Balaban J connectivity index is 1.80.